The lowest BCUT2D eigenvalue weighted by atomic mass is 10.2. The average molecular weight is 266 g/mol. The van der Waals surface area contributed by atoms with Gasteiger partial charge >= 0.3 is 0 Å². The second kappa shape index (κ2) is 6.31. The van der Waals surface area contributed by atoms with Crippen LogP contribution in [-0.2, 0) is 10.0 Å². The molecular weight excluding hydrogens is 248 g/mol. The molecule has 1 fully saturated rings. The molecule has 0 amide bonds. The van der Waals surface area contributed by atoms with Gasteiger partial charge in [0.15, 0.2) is 5.96 Å². The van der Waals surface area contributed by atoms with Gasteiger partial charge in [0.1, 0.15) is 0 Å². The maximum atomic E-state index is 11.6. The highest BCUT2D eigenvalue weighted by Crippen LogP contribution is 2.17. The molecule has 0 unspecified atom stereocenters. The van der Waals surface area contributed by atoms with E-state index in [1.807, 2.05) is 11.8 Å². The quantitative estimate of drug-likeness (QED) is 0.440. The minimum Gasteiger partial charge on any atom is -0.370 e. The standard InChI is InChI=1S/C8H18N4O2S2/c9-8(10)11-3-6-16(13,14)12-7-1-4-15-5-2-7/h7,12H,1-6H2,(H4,9,10,11). The average Bonchev–Trinajstić information content (AvgIpc) is 2.17. The number of sulfonamides is 1. The summed E-state index contributed by atoms with van der Waals surface area (Å²) in [6.07, 6.45) is 1.79. The van der Waals surface area contributed by atoms with E-state index in [-0.39, 0.29) is 24.3 Å². The molecule has 94 valence electrons. The van der Waals surface area contributed by atoms with E-state index in [0.29, 0.717) is 0 Å². The first-order valence-corrected chi connectivity index (χ1v) is 7.93. The molecule has 1 saturated heterocycles. The Morgan fingerprint density at radius 2 is 2.00 bits per heavy atom. The van der Waals surface area contributed by atoms with Crippen molar-refractivity contribution in [3.8, 4) is 0 Å². The summed E-state index contributed by atoms with van der Waals surface area (Å²) in [6.45, 7) is 0.110. The van der Waals surface area contributed by atoms with Crippen LogP contribution in [0.1, 0.15) is 12.8 Å². The van der Waals surface area contributed by atoms with Gasteiger partial charge < -0.3 is 11.5 Å². The van der Waals surface area contributed by atoms with Gasteiger partial charge in [-0.2, -0.15) is 11.8 Å². The Labute approximate surface area is 100 Å². The maximum absolute atomic E-state index is 11.6. The number of hydrogen-bond donors (Lipinski definition) is 3. The molecule has 6 nitrogen and oxygen atoms in total. The van der Waals surface area contributed by atoms with Crippen molar-refractivity contribution in [3.05, 3.63) is 0 Å². The van der Waals surface area contributed by atoms with Gasteiger partial charge in [0, 0.05) is 6.04 Å². The first-order chi connectivity index (χ1) is 7.49. The van der Waals surface area contributed by atoms with Crippen molar-refractivity contribution >= 4 is 27.7 Å². The highest BCUT2D eigenvalue weighted by Gasteiger charge is 2.19. The van der Waals surface area contributed by atoms with Gasteiger partial charge in [-0.05, 0) is 24.3 Å². The third-order valence-corrected chi connectivity index (χ3v) is 4.68. The predicted molar refractivity (Wildman–Crippen MR) is 67.9 cm³/mol. The molecular formula is C8H18N4O2S2. The maximum Gasteiger partial charge on any atom is 0.213 e. The summed E-state index contributed by atoms with van der Waals surface area (Å²) in [5.74, 6) is 1.89. The highest BCUT2D eigenvalue weighted by atomic mass is 32.2. The zero-order valence-corrected chi connectivity index (χ0v) is 10.7. The number of nitrogens with zero attached hydrogens (tertiary/aromatic N) is 1. The molecule has 1 heterocycles. The van der Waals surface area contributed by atoms with Crippen LogP contribution in [0.2, 0.25) is 0 Å². The Morgan fingerprint density at radius 3 is 2.56 bits per heavy atom. The van der Waals surface area contributed by atoms with Gasteiger partial charge in [-0.25, -0.2) is 13.1 Å². The third-order valence-electron chi connectivity index (χ3n) is 2.22. The normalized spacial score (nSPS) is 18.2. The third kappa shape index (κ3) is 5.57. The molecule has 0 atom stereocenters. The SMILES string of the molecule is NC(N)=NCCS(=O)(=O)NC1CCSCC1. The fourth-order valence-electron chi connectivity index (χ4n) is 1.42. The largest absolute Gasteiger partial charge is 0.370 e. The van der Waals surface area contributed by atoms with Crippen LogP contribution < -0.4 is 16.2 Å². The van der Waals surface area contributed by atoms with Crippen molar-refractivity contribution < 1.29 is 8.42 Å². The van der Waals surface area contributed by atoms with Crippen molar-refractivity contribution in [3.63, 3.8) is 0 Å². The first kappa shape index (κ1) is 13.6. The second-order valence-electron chi connectivity index (χ2n) is 3.63. The number of guanidine groups is 1. The summed E-state index contributed by atoms with van der Waals surface area (Å²) in [6, 6.07) is 0.0745. The molecule has 16 heavy (non-hydrogen) atoms. The lowest BCUT2D eigenvalue weighted by molar-refractivity contribution is 0.529. The predicted octanol–water partition coefficient (Wildman–Crippen LogP) is -0.925. The summed E-state index contributed by atoms with van der Waals surface area (Å²) in [5, 5.41) is 0. The van der Waals surface area contributed by atoms with Crippen LogP contribution in [-0.4, -0.2) is 44.2 Å². The van der Waals surface area contributed by atoms with Gasteiger partial charge in [0.05, 0.1) is 12.3 Å². The number of hydrogen-bond acceptors (Lipinski definition) is 4. The van der Waals surface area contributed by atoms with Gasteiger partial charge in [-0.3, -0.25) is 4.99 Å². The van der Waals surface area contributed by atoms with E-state index < -0.39 is 10.0 Å². The number of rotatable bonds is 5. The van der Waals surface area contributed by atoms with Crippen molar-refractivity contribution in [1.82, 2.24) is 4.72 Å². The molecule has 0 aromatic rings. The van der Waals surface area contributed by atoms with Crippen LogP contribution in [0.4, 0.5) is 0 Å². The Bertz CT molecular complexity index is 332. The first-order valence-electron chi connectivity index (χ1n) is 5.13. The van der Waals surface area contributed by atoms with Crippen LogP contribution >= 0.6 is 11.8 Å². The monoisotopic (exact) mass is 266 g/mol. The van der Waals surface area contributed by atoms with Crippen LogP contribution in [0.25, 0.3) is 0 Å². The zero-order chi connectivity index (χ0) is 12.0. The molecule has 0 aromatic heterocycles. The topological polar surface area (TPSA) is 111 Å². The van der Waals surface area contributed by atoms with E-state index in [4.69, 9.17) is 11.5 Å². The molecule has 0 radical (unpaired) electrons. The molecule has 0 saturated carbocycles. The molecule has 8 heteroatoms. The summed E-state index contributed by atoms with van der Waals surface area (Å²) in [7, 11) is -3.25. The number of thioether (sulfide) groups is 1. The van der Waals surface area contributed by atoms with E-state index in [1.54, 1.807) is 0 Å². The van der Waals surface area contributed by atoms with Crippen molar-refractivity contribution in [2.24, 2.45) is 16.5 Å². The van der Waals surface area contributed by atoms with E-state index in [2.05, 4.69) is 9.71 Å². The zero-order valence-electron chi connectivity index (χ0n) is 9.05. The van der Waals surface area contributed by atoms with E-state index in [9.17, 15) is 8.42 Å². The minimum absolute atomic E-state index is 0.0610. The lowest BCUT2D eigenvalue weighted by Gasteiger charge is -2.22. The number of nitrogens with two attached hydrogens (primary N) is 2. The Balaban J connectivity index is 2.35. The Hall–Kier alpha value is -0.470. The van der Waals surface area contributed by atoms with Gasteiger partial charge in [-0.1, -0.05) is 0 Å². The van der Waals surface area contributed by atoms with Crippen molar-refractivity contribution in [1.29, 1.82) is 0 Å². The van der Waals surface area contributed by atoms with Gasteiger partial charge in [0.25, 0.3) is 0 Å². The molecule has 0 bridgehead atoms. The van der Waals surface area contributed by atoms with E-state index in [1.165, 1.54) is 0 Å². The molecule has 5 N–H and O–H groups in total. The Kier molecular flexibility index (Phi) is 5.36. The fourth-order valence-corrected chi connectivity index (χ4v) is 3.72. The Morgan fingerprint density at radius 1 is 1.38 bits per heavy atom. The molecule has 0 aliphatic carbocycles. The number of nitrogens with one attached hydrogen (secondary N) is 1. The summed E-state index contributed by atoms with van der Waals surface area (Å²) >= 11 is 1.86. The molecule has 1 aliphatic rings. The van der Waals surface area contributed by atoms with Gasteiger partial charge in [-0.15, -0.1) is 0 Å². The fraction of sp³-hybridized carbons (Fsp3) is 0.875. The summed E-state index contributed by atoms with van der Waals surface area (Å²) < 4.78 is 25.9. The van der Waals surface area contributed by atoms with Crippen LogP contribution in [0.15, 0.2) is 4.99 Å². The van der Waals surface area contributed by atoms with Crippen LogP contribution in [0.3, 0.4) is 0 Å². The molecule has 1 aliphatic heterocycles. The van der Waals surface area contributed by atoms with Gasteiger partial charge in [0.2, 0.25) is 10.0 Å². The second-order valence-corrected chi connectivity index (χ2v) is 6.73. The minimum atomic E-state index is -3.25. The summed E-state index contributed by atoms with van der Waals surface area (Å²) in [4.78, 5) is 3.65. The van der Waals surface area contributed by atoms with E-state index >= 15 is 0 Å². The van der Waals surface area contributed by atoms with Crippen molar-refractivity contribution in [2.45, 2.75) is 18.9 Å². The van der Waals surface area contributed by atoms with E-state index in [0.717, 1.165) is 24.3 Å². The number of aliphatic imine (C=N–C) groups is 1. The highest BCUT2D eigenvalue weighted by molar-refractivity contribution is 7.99. The lowest BCUT2D eigenvalue weighted by Crippen LogP contribution is -2.39. The summed E-state index contributed by atoms with van der Waals surface area (Å²) in [5.41, 5.74) is 10.2. The van der Waals surface area contributed by atoms with Crippen molar-refractivity contribution in [2.75, 3.05) is 23.8 Å². The molecule has 1 rings (SSSR count). The smallest absolute Gasteiger partial charge is 0.213 e. The molecule has 0 aromatic carbocycles. The molecule has 0 spiro atoms. The van der Waals surface area contributed by atoms with Crippen LogP contribution in [0, 0.1) is 0 Å². The van der Waals surface area contributed by atoms with Crippen LogP contribution in [0.5, 0.6) is 0 Å².